The van der Waals surface area contributed by atoms with Crippen LogP contribution in [0.2, 0.25) is 0 Å². The Morgan fingerprint density at radius 3 is 2.16 bits per heavy atom. The second kappa shape index (κ2) is 7.87. The van der Waals surface area contributed by atoms with Crippen molar-refractivity contribution in [1.82, 2.24) is 9.88 Å². The summed E-state index contributed by atoms with van der Waals surface area (Å²) in [5.41, 5.74) is 1.30. The number of anilines is 1. The van der Waals surface area contributed by atoms with Crippen LogP contribution in [0.5, 0.6) is 5.75 Å². The first-order valence-corrected chi connectivity index (χ1v) is 9.49. The first-order chi connectivity index (χ1) is 12.4. The molecule has 0 unspecified atom stereocenters. The summed E-state index contributed by atoms with van der Waals surface area (Å²) < 4.78 is 6.13. The molecule has 0 radical (unpaired) electrons. The number of rotatable bonds is 4. The number of hydrogen-bond donors (Lipinski definition) is 0. The van der Waals surface area contributed by atoms with E-state index in [9.17, 15) is 0 Å². The van der Waals surface area contributed by atoms with Crippen LogP contribution in [0, 0.1) is 0 Å². The van der Waals surface area contributed by atoms with Crippen LogP contribution in [0.4, 0.5) is 5.69 Å². The molecular weight excluding hydrogens is 310 g/mol. The van der Waals surface area contributed by atoms with E-state index in [4.69, 9.17) is 4.74 Å². The maximum absolute atomic E-state index is 6.13. The molecule has 2 heterocycles. The lowest BCUT2D eigenvalue weighted by Crippen LogP contribution is -2.51. The SMILES string of the molecule is c1ccc(OC2CCC(N3CCN(c4ccncc4)CC3)CC2)cc1. The van der Waals surface area contributed by atoms with E-state index in [1.54, 1.807) is 0 Å². The summed E-state index contributed by atoms with van der Waals surface area (Å²) in [6.45, 7) is 4.56. The maximum atomic E-state index is 6.13. The molecule has 0 atom stereocenters. The van der Waals surface area contributed by atoms with E-state index in [1.165, 1.54) is 31.4 Å². The summed E-state index contributed by atoms with van der Waals surface area (Å²) >= 11 is 0. The molecule has 1 aromatic carbocycles. The predicted molar refractivity (Wildman–Crippen MR) is 101 cm³/mol. The Labute approximate surface area is 150 Å². The van der Waals surface area contributed by atoms with E-state index in [0.29, 0.717) is 6.10 Å². The van der Waals surface area contributed by atoms with E-state index < -0.39 is 0 Å². The Kier molecular flexibility index (Phi) is 5.17. The fraction of sp³-hybridized carbons (Fsp3) is 0.476. The molecule has 4 heteroatoms. The third-order valence-corrected chi connectivity index (χ3v) is 5.55. The van der Waals surface area contributed by atoms with Gasteiger partial charge in [-0.2, -0.15) is 0 Å². The van der Waals surface area contributed by atoms with E-state index in [0.717, 1.165) is 38.0 Å². The molecule has 132 valence electrons. The quantitative estimate of drug-likeness (QED) is 0.852. The number of pyridine rings is 1. The van der Waals surface area contributed by atoms with Crippen molar-refractivity contribution in [3.05, 3.63) is 54.9 Å². The van der Waals surface area contributed by atoms with Crippen molar-refractivity contribution >= 4 is 5.69 Å². The zero-order valence-corrected chi connectivity index (χ0v) is 14.8. The number of nitrogens with zero attached hydrogens (tertiary/aromatic N) is 3. The average Bonchev–Trinajstić information content (AvgIpc) is 2.70. The normalized spacial score (nSPS) is 24.9. The molecule has 2 fully saturated rings. The summed E-state index contributed by atoms with van der Waals surface area (Å²) in [5.74, 6) is 1.01. The Morgan fingerprint density at radius 2 is 1.48 bits per heavy atom. The number of hydrogen-bond acceptors (Lipinski definition) is 4. The molecule has 0 bridgehead atoms. The van der Waals surface area contributed by atoms with Crippen molar-refractivity contribution < 1.29 is 4.74 Å². The summed E-state index contributed by atoms with van der Waals surface area (Å²) in [6, 6.07) is 15.2. The average molecular weight is 337 g/mol. The summed E-state index contributed by atoms with van der Waals surface area (Å²) in [5, 5.41) is 0. The van der Waals surface area contributed by atoms with Gasteiger partial charge in [-0.1, -0.05) is 18.2 Å². The third-order valence-electron chi connectivity index (χ3n) is 5.55. The lowest BCUT2D eigenvalue weighted by molar-refractivity contribution is 0.0846. The van der Waals surface area contributed by atoms with Crippen molar-refractivity contribution in [3.8, 4) is 5.75 Å². The summed E-state index contributed by atoms with van der Waals surface area (Å²) in [6.07, 6.45) is 9.01. The minimum Gasteiger partial charge on any atom is -0.490 e. The molecule has 2 aromatic rings. The molecule has 4 nitrogen and oxygen atoms in total. The van der Waals surface area contributed by atoms with Gasteiger partial charge in [0.15, 0.2) is 0 Å². The monoisotopic (exact) mass is 337 g/mol. The third kappa shape index (κ3) is 4.13. The van der Waals surface area contributed by atoms with Gasteiger partial charge in [0, 0.05) is 50.3 Å². The molecule has 0 amide bonds. The molecule has 1 saturated carbocycles. The Balaban J connectivity index is 1.24. The fourth-order valence-corrected chi connectivity index (χ4v) is 4.12. The molecular formula is C21H27N3O. The van der Waals surface area contributed by atoms with Crippen LogP contribution < -0.4 is 9.64 Å². The lowest BCUT2D eigenvalue weighted by Gasteiger charge is -2.42. The minimum atomic E-state index is 0.386. The first-order valence-electron chi connectivity index (χ1n) is 9.49. The van der Waals surface area contributed by atoms with Gasteiger partial charge in [-0.25, -0.2) is 0 Å². The van der Waals surface area contributed by atoms with Gasteiger partial charge in [0.25, 0.3) is 0 Å². The van der Waals surface area contributed by atoms with Crippen molar-refractivity contribution in [2.75, 3.05) is 31.1 Å². The maximum Gasteiger partial charge on any atom is 0.119 e. The molecule has 2 aliphatic rings. The first kappa shape index (κ1) is 16.4. The highest BCUT2D eigenvalue weighted by Crippen LogP contribution is 2.28. The second-order valence-electron chi connectivity index (χ2n) is 7.09. The number of ether oxygens (including phenoxy) is 1. The van der Waals surface area contributed by atoms with Crippen LogP contribution in [0.1, 0.15) is 25.7 Å². The minimum absolute atomic E-state index is 0.386. The van der Waals surface area contributed by atoms with Gasteiger partial charge in [-0.15, -0.1) is 0 Å². The van der Waals surface area contributed by atoms with E-state index in [2.05, 4.69) is 39.0 Å². The number of para-hydroxylation sites is 1. The van der Waals surface area contributed by atoms with Crippen molar-refractivity contribution in [3.63, 3.8) is 0 Å². The summed E-state index contributed by atoms with van der Waals surface area (Å²) in [4.78, 5) is 9.28. The second-order valence-corrected chi connectivity index (χ2v) is 7.09. The lowest BCUT2D eigenvalue weighted by atomic mass is 9.91. The summed E-state index contributed by atoms with van der Waals surface area (Å²) in [7, 11) is 0. The molecule has 1 aliphatic carbocycles. The Bertz CT molecular complexity index is 633. The molecule has 0 spiro atoms. The predicted octanol–water partition coefficient (Wildman–Crippen LogP) is 3.59. The van der Waals surface area contributed by atoms with Gasteiger partial charge in [-0.05, 0) is 49.9 Å². The molecule has 25 heavy (non-hydrogen) atoms. The molecule has 1 aliphatic heterocycles. The van der Waals surface area contributed by atoms with Gasteiger partial charge in [0.05, 0.1) is 6.10 Å². The van der Waals surface area contributed by atoms with Crippen molar-refractivity contribution in [2.24, 2.45) is 0 Å². The van der Waals surface area contributed by atoms with Gasteiger partial charge < -0.3 is 9.64 Å². The van der Waals surface area contributed by atoms with E-state index in [-0.39, 0.29) is 0 Å². The van der Waals surface area contributed by atoms with Gasteiger partial charge in [0.1, 0.15) is 5.75 Å². The zero-order valence-electron chi connectivity index (χ0n) is 14.8. The van der Waals surface area contributed by atoms with Crippen LogP contribution in [-0.4, -0.2) is 48.2 Å². The largest absolute Gasteiger partial charge is 0.490 e. The molecule has 0 N–H and O–H groups in total. The topological polar surface area (TPSA) is 28.6 Å². The van der Waals surface area contributed by atoms with E-state index >= 15 is 0 Å². The Morgan fingerprint density at radius 1 is 0.800 bits per heavy atom. The van der Waals surface area contributed by atoms with Crippen molar-refractivity contribution in [2.45, 2.75) is 37.8 Å². The molecule has 1 saturated heterocycles. The van der Waals surface area contributed by atoms with Gasteiger partial charge in [0.2, 0.25) is 0 Å². The van der Waals surface area contributed by atoms with Crippen LogP contribution in [-0.2, 0) is 0 Å². The standard InChI is InChI=1S/C21H27N3O/c1-2-4-20(5-3-1)25-21-8-6-18(7-9-21)23-14-16-24(17-15-23)19-10-12-22-13-11-19/h1-5,10-13,18,21H,6-9,14-17H2. The number of aromatic nitrogens is 1. The molecule has 4 rings (SSSR count). The van der Waals surface area contributed by atoms with Crippen LogP contribution in [0.15, 0.2) is 54.9 Å². The van der Waals surface area contributed by atoms with E-state index in [1.807, 2.05) is 30.6 Å². The highest BCUT2D eigenvalue weighted by Gasteiger charge is 2.29. The van der Waals surface area contributed by atoms with Gasteiger partial charge in [-0.3, -0.25) is 9.88 Å². The van der Waals surface area contributed by atoms with Gasteiger partial charge >= 0.3 is 0 Å². The Hall–Kier alpha value is -2.07. The highest BCUT2D eigenvalue weighted by atomic mass is 16.5. The fourth-order valence-electron chi connectivity index (χ4n) is 4.12. The van der Waals surface area contributed by atoms with Crippen LogP contribution in [0.3, 0.4) is 0 Å². The number of benzene rings is 1. The molecule has 1 aromatic heterocycles. The van der Waals surface area contributed by atoms with Crippen molar-refractivity contribution in [1.29, 1.82) is 0 Å². The smallest absolute Gasteiger partial charge is 0.119 e. The zero-order chi connectivity index (χ0) is 16.9. The highest BCUT2D eigenvalue weighted by molar-refractivity contribution is 5.45. The van der Waals surface area contributed by atoms with Crippen LogP contribution in [0.25, 0.3) is 0 Å². The van der Waals surface area contributed by atoms with Crippen LogP contribution >= 0.6 is 0 Å². The number of piperazine rings is 1.